The third-order valence-electron chi connectivity index (χ3n) is 3.12. The number of fused-ring (bicyclic) bond motifs is 1. The maximum atomic E-state index is 4.62. The molecule has 0 atom stereocenters. The molecule has 0 spiro atoms. The summed E-state index contributed by atoms with van der Waals surface area (Å²) in [6.45, 7) is 6.22. The minimum Gasteiger partial charge on any atom is -0.218 e. The van der Waals surface area contributed by atoms with Crippen LogP contribution in [-0.4, -0.2) is 14.8 Å². The van der Waals surface area contributed by atoms with Gasteiger partial charge in [-0.25, -0.2) is 9.67 Å². The van der Waals surface area contributed by atoms with Crippen molar-refractivity contribution < 1.29 is 0 Å². The zero-order valence-electron chi connectivity index (χ0n) is 10.1. The molecular weight excluding hydrogens is 230 g/mol. The molecule has 0 amide bonds. The Morgan fingerprint density at radius 3 is 2.53 bits per heavy atom. The molecular formula is C13H13N3S. The number of aromatic nitrogens is 3. The maximum Gasteiger partial charge on any atom is 0.211 e. The molecule has 0 bridgehead atoms. The molecule has 0 fully saturated rings. The molecule has 2 aromatic heterocycles. The topological polar surface area (TPSA) is 30.7 Å². The first-order valence-electron chi connectivity index (χ1n) is 5.55. The Labute approximate surface area is 104 Å². The number of rotatable bonds is 1. The summed E-state index contributed by atoms with van der Waals surface area (Å²) < 4.78 is 3.14. The van der Waals surface area contributed by atoms with Gasteiger partial charge in [0.25, 0.3) is 0 Å². The van der Waals surface area contributed by atoms with E-state index in [9.17, 15) is 0 Å². The van der Waals surface area contributed by atoms with E-state index in [1.54, 1.807) is 11.3 Å². The number of para-hydroxylation sites is 1. The molecule has 4 heteroatoms. The quantitative estimate of drug-likeness (QED) is 0.655. The monoisotopic (exact) mass is 243 g/mol. The van der Waals surface area contributed by atoms with E-state index in [2.05, 4.69) is 30.0 Å². The van der Waals surface area contributed by atoms with Crippen LogP contribution in [0.2, 0.25) is 0 Å². The predicted molar refractivity (Wildman–Crippen MR) is 71.0 cm³/mol. The summed E-state index contributed by atoms with van der Waals surface area (Å²) in [5.74, 6) is 0. The number of thiazole rings is 1. The van der Waals surface area contributed by atoms with E-state index in [4.69, 9.17) is 0 Å². The fourth-order valence-electron chi connectivity index (χ4n) is 1.86. The fraction of sp³-hybridized carbons (Fsp3) is 0.231. The smallest absolute Gasteiger partial charge is 0.211 e. The van der Waals surface area contributed by atoms with Crippen LogP contribution in [0.5, 0.6) is 0 Å². The molecule has 86 valence electrons. The summed E-state index contributed by atoms with van der Waals surface area (Å²) in [7, 11) is 0. The standard InChI is InChI=1S/C13H13N3S/c1-8-9(2)15-16(10(8)3)13-14-11-6-4-5-7-12(11)17-13/h4-7H,1-3H3. The van der Waals surface area contributed by atoms with E-state index in [1.165, 1.54) is 16.0 Å². The summed E-state index contributed by atoms with van der Waals surface area (Å²) in [4.78, 5) is 4.62. The Morgan fingerprint density at radius 2 is 1.88 bits per heavy atom. The molecule has 0 saturated carbocycles. The van der Waals surface area contributed by atoms with Crippen molar-refractivity contribution in [3.63, 3.8) is 0 Å². The van der Waals surface area contributed by atoms with Gasteiger partial charge in [0.1, 0.15) is 0 Å². The Morgan fingerprint density at radius 1 is 1.12 bits per heavy atom. The first-order valence-corrected chi connectivity index (χ1v) is 6.37. The largest absolute Gasteiger partial charge is 0.218 e. The summed E-state index contributed by atoms with van der Waals surface area (Å²) in [6, 6.07) is 8.18. The SMILES string of the molecule is Cc1nn(-c2nc3ccccc3s2)c(C)c1C. The van der Waals surface area contributed by atoms with Crippen molar-refractivity contribution >= 4 is 21.6 Å². The van der Waals surface area contributed by atoms with Crippen LogP contribution in [0.4, 0.5) is 0 Å². The molecule has 0 unspecified atom stereocenters. The molecule has 2 heterocycles. The van der Waals surface area contributed by atoms with Gasteiger partial charge in [-0.3, -0.25) is 0 Å². The predicted octanol–water partition coefficient (Wildman–Crippen LogP) is 3.41. The normalized spacial score (nSPS) is 11.2. The van der Waals surface area contributed by atoms with Gasteiger partial charge in [0.2, 0.25) is 5.13 Å². The molecule has 0 aliphatic heterocycles. The minimum atomic E-state index is 0.944. The van der Waals surface area contributed by atoms with Crippen LogP contribution < -0.4 is 0 Å². The van der Waals surface area contributed by atoms with Gasteiger partial charge in [-0.05, 0) is 38.5 Å². The average Bonchev–Trinajstić information content (AvgIpc) is 2.86. The van der Waals surface area contributed by atoms with E-state index in [0.717, 1.165) is 16.3 Å². The van der Waals surface area contributed by atoms with Gasteiger partial charge < -0.3 is 0 Å². The van der Waals surface area contributed by atoms with Gasteiger partial charge in [0.15, 0.2) is 0 Å². The molecule has 0 aliphatic rings. The van der Waals surface area contributed by atoms with Crippen molar-refractivity contribution in [3.8, 4) is 5.13 Å². The Bertz CT molecular complexity index is 661. The van der Waals surface area contributed by atoms with Crippen LogP contribution in [0.15, 0.2) is 24.3 Å². The lowest BCUT2D eigenvalue weighted by Gasteiger charge is -1.97. The molecule has 1 aromatic carbocycles. The first-order chi connectivity index (χ1) is 8.16. The summed E-state index contributed by atoms with van der Waals surface area (Å²) in [5, 5.41) is 5.48. The van der Waals surface area contributed by atoms with Crippen molar-refractivity contribution in [1.29, 1.82) is 0 Å². The van der Waals surface area contributed by atoms with Crippen molar-refractivity contribution in [1.82, 2.24) is 14.8 Å². The zero-order chi connectivity index (χ0) is 12.0. The van der Waals surface area contributed by atoms with E-state index < -0.39 is 0 Å². The van der Waals surface area contributed by atoms with E-state index in [0.29, 0.717) is 0 Å². The van der Waals surface area contributed by atoms with Gasteiger partial charge in [0.05, 0.1) is 15.9 Å². The Hall–Kier alpha value is -1.68. The lowest BCUT2D eigenvalue weighted by atomic mass is 10.2. The third kappa shape index (κ3) is 1.56. The Balaban J connectivity index is 2.23. The molecule has 0 N–H and O–H groups in total. The van der Waals surface area contributed by atoms with Crippen LogP contribution in [-0.2, 0) is 0 Å². The van der Waals surface area contributed by atoms with Gasteiger partial charge in [0, 0.05) is 5.69 Å². The van der Waals surface area contributed by atoms with E-state index >= 15 is 0 Å². The van der Waals surface area contributed by atoms with Crippen LogP contribution in [0.3, 0.4) is 0 Å². The number of benzene rings is 1. The second-order valence-corrected chi connectivity index (χ2v) is 5.18. The minimum absolute atomic E-state index is 0.944. The van der Waals surface area contributed by atoms with Crippen LogP contribution >= 0.6 is 11.3 Å². The van der Waals surface area contributed by atoms with Crippen LogP contribution in [0, 0.1) is 20.8 Å². The molecule has 0 radical (unpaired) electrons. The highest BCUT2D eigenvalue weighted by atomic mass is 32.1. The van der Waals surface area contributed by atoms with Crippen molar-refractivity contribution in [2.24, 2.45) is 0 Å². The summed E-state index contributed by atoms with van der Waals surface area (Å²) in [5.41, 5.74) is 4.52. The van der Waals surface area contributed by atoms with Gasteiger partial charge in [-0.1, -0.05) is 23.5 Å². The molecule has 3 aromatic rings. The highest BCUT2D eigenvalue weighted by Crippen LogP contribution is 2.26. The highest BCUT2D eigenvalue weighted by Gasteiger charge is 2.12. The van der Waals surface area contributed by atoms with E-state index in [-0.39, 0.29) is 0 Å². The first kappa shape index (κ1) is 10.5. The van der Waals surface area contributed by atoms with Gasteiger partial charge in [-0.15, -0.1) is 0 Å². The fourth-order valence-corrected chi connectivity index (χ4v) is 2.83. The van der Waals surface area contributed by atoms with Crippen LogP contribution in [0.1, 0.15) is 17.0 Å². The second-order valence-electron chi connectivity index (χ2n) is 4.17. The molecule has 3 rings (SSSR count). The van der Waals surface area contributed by atoms with Gasteiger partial charge >= 0.3 is 0 Å². The summed E-state index contributed by atoms with van der Waals surface area (Å²) in [6.07, 6.45) is 0. The van der Waals surface area contributed by atoms with Crippen LogP contribution in [0.25, 0.3) is 15.3 Å². The van der Waals surface area contributed by atoms with Crippen molar-refractivity contribution in [2.75, 3.05) is 0 Å². The number of nitrogens with zero attached hydrogens (tertiary/aromatic N) is 3. The van der Waals surface area contributed by atoms with E-state index in [1.807, 2.05) is 29.8 Å². The number of hydrogen-bond acceptors (Lipinski definition) is 3. The lowest BCUT2D eigenvalue weighted by molar-refractivity contribution is 0.827. The lowest BCUT2D eigenvalue weighted by Crippen LogP contribution is -1.98. The molecule has 0 saturated heterocycles. The second kappa shape index (κ2) is 3.67. The van der Waals surface area contributed by atoms with Crippen molar-refractivity contribution in [3.05, 3.63) is 41.2 Å². The average molecular weight is 243 g/mol. The molecule has 0 aliphatic carbocycles. The highest BCUT2D eigenvalue weighted by molar-refractivity contribution is 7.20. The summed E-state index contributed by atoms with van der Waals surface area (Å²) >= 11 is 1.68. The molecule has 17 heavy (non-hydrogen) atoms. The van der Waals surface area contributed by atoms with Crippen molar-refractivity contribution in [2.45, 2.75) is 20.8 Å². The Kier molecular flexibility index (Phi) is 2.26. The maximum absolute atomic E-state index is 4.62. The third-order valence-corrected chi connectivity index (χ3v) is 4.13. The number of aryl methyl sites for hydroxylation is 1. The molecule has 3 nitrogen and oxygen atoms in total. The van der Waals surface area contributed by atoms with Gasteiger partial charge in [-0.2, -0.15) is 5.10 Å². The zero-order valence-corrected chi connectivity index (χ0v) is 10.9. The number of hydrogen-bond donors (Lipinski definition) is 0.